The molecule has 2 fully saturated rings. The molecule has 2 aromatic heterocycles. The lowest BCUT2D eigenvalue weighted by Gasteiger charge is -2.25. The number of nitrogens with zero attached hydrogens (tertiary/aromatic N) is 5. The van der Waals surface area contributed by atoms with Crippen molar-refractivity contribution in [1.29, 1.82) is 0 Å². The number of rotatable bonds is 6. The van der Waals surface area contributed by atoms with Crippen molar-refractivity contribution in [2.45, 2.75) is 50.8 Å². The number of fused-ring (bicyclic) bond motifs is 1. The second kappa shape index (κ2) is 8.64. The van der Waals surface area contributed by atoms with Crippen LogP contribution in [0.25, 0.3) is 16.4 Å². The third kappa shape index (κ3) is 4.04. The largest absolute Gasteiger partial charge is 0.367 e. The molecule has 2 aromatic carbocycles. The van der Waals surface area contributed by atoms with Gasteiger partial charge in [0.15, 0.2) is 24.0 Å². The van der Waals surface area contributed by atoms with E-state index in [2.05, 4.69) is 15.5 Å². The normalized spacial score (nSPS) is 25.5. The second-order valence-corrected chi connectivity index (χ2v) is 9.45. The van der Waals surface area contributed by atoms with E-state index in [0.717, 1.165) is 16.8 Å². The lowest BCUT2D eigenvalue weighted by atomic mass is 10.1. The van der Waals surface area contributed by atoms with Gasteiger partial charge in [0.1, 0.15) is 12.2 Å². The van der Waals surface area contributed by atoms with Gasteiger partial charge in [-0.05, 0) is 29.8 Å². The summed E-state index contributed by atoms with van der Waals surface area (Å²) in [6.07, 6.45) is -2.05. The van der Waals surface area contributed by atoms with Crippen molar-refractivity contribution in [2.24, 2.45) is 0 Å². The predicted molar refractivity (Wildman–Crippen MR) is 123 cm³/mol. The van der Waals surface area contributed by atoms with E-state index in [0.29, 0.717) is 17.6 Å². The highest BCUT2D eigenvalue weighted by atomic mass is 32.1. The Kier molecular flexibility index (Phi) is 5.47. The molecule has 2 aliphatic rings. The van der Waals surface area contributed by atoms with E-state index >= 15 is 0 Å². The monoisotopic (exact) mass is 477 g/mol. The quantitative estimate of drug-likeness (QED) is 0.413. The Morgan fingerprint density at radius 2 is 1.79 bits per heavy atom. The van der Waals surface area contributed by atoms with Crippen LogP contribution >= 0.6 is 11.3 Å². The second-order valence-electron chi connectivity index (χ2n) is 8.62. The van der Waals surface area contributed by atoms with Crippen LogP contribution in [0, 0.1) is 0 Å². The number of aromatic nitrogens is 5. The molecular formula is C24H23N5O4S. The van der Waals surface area contributed by atoms with Gasteiger partial charge in [-0.25, -0.2) is 4.98 Å². The summed E-state index contributed by atoms with van der Waals surface area (Å²) in [6, 6.07) is 20.0. The third-order valence-corrected chi connectivity index (χ3v) is 6.58. The fourth-order valence-electron chi connectivity index (χ4n) is 4.25. The molecule has 174 valence electrons. The standard InChI is InChI=1S/C24H23N5O4S/c1-24(2)32-20-18(30-13-15-9-5-3-6-10-15)19(31-22(20)33-24)21-26-27-28-29(21)23-25-17(14-34-23)16-11-7-4-8-12-16/h3-12,14,18-20,22H,13H2,1-2H3/t18-,19-,20+,22+/m0/s1. The lowest BCUT2D eigenvalue weighted by Crippen LogP contribution is -2.34. The Balaban J connectivity index is 1.30. The zero-order valence-corrected chi connectivity index (χ0v) is 19.5. The first-order valence-corrected chi connectivity index (χ1v) is 11.9. The fourth-order valence-corrected chi connectivity index (χ4v) is 5.03. The van der Waals surface area contributed by atoms with Crippen molar-refractivity contribution in [2.75, 3.05) is 0 Å². The minimum absolute atomic E-state index is 0.398. The van der Waals surface area contributed by atoms with Gasteiger partial charge < -0.3 is 18.9 Å². The SMILES string of the molecule is CC1(C)O[C@H]2O[C@H](c3nnnn3-c3nc(-c4ccccc4)cs3)[C@H](OCc3ccccc3)[C@H]2O1. The Morgan fingerprint density at radius 1 is 1.03 bits per heavy atom. The molecule has 2 aliphatic heterocycles. The molecule has 0 radical (unpaired) electrons. The van der Waals surface area contributed by atoms with Crippen molar-refractivity contribution < 1.29 is 18.9 Å². The zero-order valence-electron chi connectivity index (χ0n) is 18.6. The van der Waals surface area contributed by atoms with Crippen LogP contribution in [0.3, 0.4) is 0 Å². The number of hydrogen-bond donors (Lipinski definition) is 0. The molecule has 4 aromatic rings. The Labute approximate surface area is 200 Å². The van der Waals surface area contributed by atoms with Gasteiger partial charge in [0.25, 0.3) is 0 Å². The molecule has 0 aliphatic carbocycles. The molecule has 0 amide bonds. The van der Waals surface area contributed by atoms with E-state index in [1.165, 1.54) is 11.3 Å². The molecule has 10 heteroatoms. The summed E-state index contributed by atoms with van der Waals surface area (Å²) in [5, 5.41) is 15.0. The molecule has 34 heavy (non-hydrogen) atoms. The van der Waals surface area contributed by atoms with Gasteiger partial charge in [0, 0.05) is 10.9 Å². The average Bonchev–Trinajstić information content (AvgIpc) is 3.61. The number of hydrogen-bond acceptors (Lipinski definition) is 9. The average molecular weight is 478 g/mol. The van der Waals surface area contributed by atoms with Gasteiger partial charge in [-0.2, -0.15) is 4.68 Å². The van der Waals surface area contributed by atoms with Crippen LogP contribution in [0.2, 0.25) is 0 Å². The van der Waals surface area contributed by atoms with E-state index in [1.54, 1.807) is 4.68 Å². The summed E-state index contributed by atoms with van der Waals surface area (Å²) in [5.41, 5.74) is 2.94. The summed E-state index contributed by atoms with van der Waals surface area (Å²) in [6.45, 7) is 4.13. The molecule has 2 saturated heterocycles. The fraction of sp³-hybridized carbons (Fsp3) is 0.333. The van der Waals surface area contributed by atoms with Crippen LogP contribution in [0.5, 0.6) is 0 Å². The molecule has 6 rings (SSSR count). The third-order valence-electron chi connectivity index (χ3n) is 5.77. The van der Waals surface area contributed by atoms with Gasteiger partial charge in [-0.15, -0.1) is 16.4 Å². The van der Waals surface area contributed by atoms with Gasteiger partial charge in [-0.1, -0.05) is 60.7 Å². The van der Waals surface area contributed by atoms with Crippen molar-refractivity contribution >= 4 is 11.3 Å². The summed E-state index contributed by atoms with van der Waals surface area (Å²) in [5.74, 6) is -0.271. The molecule has 4 atom stereocenters. The summed E-state index contributed by atoms with van der Waals surface area (Å²) in [7, 11) is 0. The van der Waals surface area contributed by atoms with Crippen molar-refractivity contribution in [3.05, 3.63) is 77.4 Å². The van der Waals surface area contributed by atoms with Gasteiger partial charge in [0.05, 0.1) is 12.3 Å². The van der Waals surface area contributed by atoms with E-state index in [4.69, 9.17) is 23.9 Å². The number of tetrazole rings is 1. The van der Waals surface area contributed by atoms with Gasteiger partial charge >= 0.3 is 0 Å². The number of thiazole rings is 1. The van der Waals surface area contributed by atoms with Crippen LogP contribution in [-0.2, 0) is 25.6 Å². The van der Waals surface area contributed by atoms with Crippen molar-refractivity contribution in [3.8, 4) is 16.4 Å². The van der Waals surface area contributed by atoms with E-state index in [9.17, 15) is 0 Å². The molecule has 0 saturated carbocycles. The van der Waals surface area contributed by atoms with Crippen LogP contribution in [0.15, 0.2) is 66.0 Å². The summed E-state index contributed by atoms with van der Waals surface area (Å²) >= 11 is 1.46. The maximum absolute atomic E-state index is 6.34. The Hall–Kier alpha value is -3.02. The van der Waals surface area contributed by atoms with Crippen molar-refractivity contribution in [1.82, 2.24) is 25.2 Å². The van der Waals surface area contributed by atoms with Crippen molar-refractivity contribution in [3.63, 3.8) is 0 Å². The smallest absolute Gasteiger partial charge is 0.214 e. The maximum atomic E-state index is 6.34. The molecule has 0 unspecified atom stereocenters. The van der Waals surface area contributed by atoms with Crippen LogP contribution in [-0.4, -0.2) is 49.5 Å². The van der Waals surface area contributed by atoms with Crippen LogP contribution < -0.4 is 0 Å². The minimum atomic E-state index is -0.763. The van der Waals surface area contributed by atoms with Gasteiger partial charge in [-0.3, -0.25) is 0 Å². The summed E-state index contributed by atoms with van der Waals surface area (Å²) < 4.78 is 26.3. The first-order valence-electron chi connectivity index (χ1n) is 11.0. The maximum Gasteiger partial charge on any atom is 0.214 e. The molecule has 0 bridgehead atoms. The van der Waals surface area contributed by atoms with Crippen LogP contribution in [0.1, 0.15) is 31.3 Å². The van der Waals surface area contributed by atoms with E-state index in [-0.39, 0.29) is 0 Å². The first-order chi connectivity index (χ1) is 16.6. The highest BCUT2D eigenvalue weighted by Gasteiger charge is 2.57. The Bertz CT molecular complexity index is 1260. The molecule has 0 N–H and O–H groups in total. The van der Waals surface area contributed by atoms with E-state index < -0.39 is 30.4 Å². The molecule has 0 spiro atoms. The Morgan fingerprint density at radius 3 is 2.59 bits per heavy atom. The zero-order chi connectivity index (χ0) is 23.1. The lowest BCUT2D eigenvalue weighted by molar-refractivity contribution is -0.221. The molecular weight excluding hydrogens is 454 g/mol. The highest BCUT2D eigenvalue weighted by molar-refractivity contribution is 7.12. The minimum Gasteiger partial charge on any atom is -0.367 e. The number of ether oxygens (including phenoxy) is 4. The highest BCUT2D eigenvalue weighted by Crippen LogP contribution is 2.44. The molecule has 4 heterocycles. The van der Waals surface area contributed by atoms with E-state index in [1.807, 2.05) is 79.9 Å². The van der Waals surface area contributed by atoms with Crippen LogP contribution in [0.4, 0.5) is 0 Å². The predicted octanol–water partition coefficient (Wildman–Crippen LogP) is 3.92. The van der Waals surface area contributed by atoms with Gasteiger partial charge in [0.2, 0.25) is 5.13 Å². The number of benzene rings is 2. The summed E-state index contributed by atoms with van der Waals surface area (Å²) in [4.78, 5) is 4.75. The topological polar surface area (TPSA) is 93.4 Å². The molecule has 9 nitrogen and oxygen atoms in total. The first kappa shape index (κ1) is 21.5.